The molecule has 0 N–H and O–H groups in total. The highest BCUT2D eigenvalue weighted by molar-refractivity contribution is 5.70. The summed E-state index contributed by atoms with van der Waals surface area (Å²) in [4.78, 5) is 0. The fourth-order valence-corrected chi connectivity index (χ4v) is 2.01. The second-order valence-electron chi connectivity index (χ2n) is 4.44. The third-order valence-electron chi connectivity index (χ3n) is 2.98. The van der Waals surface area contributed by atoms with Crippen molar-refractivity contribution in [1.29, 1.82) is 0 Å². The molecule has 3 nitrogen and oxygen atoms in total. The fraction of sp³-hybridized carbons (Fsp3) is 0.308. The monoisotopic (exact) mass is 269 g/mol. The van der Waals surface area contributed by atoms with Crippen LogP contribution >= 0.6 is 0 Å². The Morgan fingerprint density at radius 1 is 1.21 bits per heavy atom. The average Bonchev–Trinajstić information content (AvgIpc) is 3.06. The topological polar surface area (TPSA) is 35.3 Å². The van der Waals surface area contributed by atoms with Crippen molar-refractivity contribution in [2.45, 2.75) is 25.1 Å². The third-order valence-corrected chi connectivity index (χ3v) is 2.98. The van der Waals surface area contributed by atoms with E-state index in [1.54, 1.807) is 12.1 Å². The van der Waals surface area contributed by atoms with Gasteiger partial charge in [-0.2, -0.15) is 0 Å². The van der Waals surface area contributed by atoms with Gasteiger partial charge in [-0.15, -0.1) is 13.2 Å². The summed E-state index contributed by atoms with van der Waals surface area (Å²) in [6.07, 6.45) is -1.20. The number of halogens is 3. The van der Waals surface area contributed by atoms with E-state index in [-0.39, 0.29) is 5.75 Å². The second-order valence-corrected chi connectivity index (χ2v) is 4.44. The van der Waals surface area contributed by atoms with Gasteiger partial charge in [0.25, 0.3) is 0 Å². The Kier molecular flexibility index (Phi) is 2.73. The first-order chi connectivity index (χ1) is 9.04. The van der Waals surface area contributed by atoms with Crippen LogP contribution in [0.3, 0.4) is 0 Å². The van der Waals surface area contributed by atoms with E-state index in [1.807, 2.05) is 0 Å². The van der Waals surface area contributed by atoms with E-state index >= 15 is 0 Å². The van der Waals surface area contributed by atoms with Crippen molar-refractivity contribution in [2.24, 2.45) is 0 Å². The van der Waals surface area contributed by atoms with Crippen LogP contribution in [0.1, 0.15) is 24.3 Å². The molecule has 0 bridgehead atoms. The van der Waals surface area contributed by atoms with E-state index in [9.17, 15) is 13.2 Å². The SMILES string of the molecule is FC(F)(F)Oc1ccccc1-c1nocc1C1CC1. The van der Waals surface area contributed by atoms with E-state index < -0.39 is 6.36 Å². The van der Waals surface area contributed by atoms with Crippen LogP contribution in [0, 0.1) is 0 Å². The zero-order chi connectivity index (χ0) is 13.5. The molecule has 1 fully saturated rings. The molecule has 100 valence electrons. The van der Waals surface area contributed by atoms with Gasteiger partial charge in [0.2, 0.25) is 0 Å². The number of nitrogens with zero attached hydrogens (tertiary/aromatic N) is 1. The number of hydrogen-bond acceptors (Lipinski definition) is 3. The van der Waals surface area contributed by atoms with Gasteiger partial charge in [0, 0.05) is 11.1 Å². The number of alkyl halides is 3. The maximum atomic E-state index is 12.4. The van der Waals surface area contributed by atoms with Gasteiger partial charge < -0.3 is 9.26 Å². The van der Waals surface area contributed by atoms with Gasteiger partial charge in [0.1, 0.15) is 17.7 Å². The molecular weight excluding hydrogens is 259 g/mol. The lowest BCUT2D eigenvalue weighted by molar-refractivity contribution is -0.274. The Labute approximate surface area is 107 Å². The van der Waals surface area contributed by atoms with Crippen LogP contribution in [0.5, 0.6) is 5.75 Å². The van der Waals surface area contributed by atoms with Gasteiger partial charge in [-0.05, 0) is 30.9 Å². The smallest absolute Gasteiger partial charge is 0.405 e. The molecule has 0 atom stereocenters. The highest BCUT2D eigenvalue weighted by Gasteiger charge is 2.34. The summed E-state index contributed by atoms with van der Waals surface area (Å²) in [5.74, 6) is 0.0750. The van der Waals surface area contributed by atoms with Gasteiger partial charge >= 0.3 is 6.36 Å². The van der Waals surface area contributed by atoms with Gasteiger partial charge in [-0.25, -0.2) is 0 Å². The lowest BCUT2D eigenvalue weighted by atomic mass is 10.0. The van der Waals surface area contributed by atoms with Gasteiger partial charge in [-0.3, -0.25) is 0 Å². The summed E-state index contributed by atoms with van der Waals surface area (Å²) in [5.41, 5.74) is 1.58. The molecule has 19 heavy (non-hydrogen) atoms. The molecular formula is C13H10F3NO2. The van der Waals surface area contributed by atoms with Crippen molar-refractivity contribution in [3.8, 4) is 17.0 Å². The second kappa shape index (κ2) is 4.29. The Morgan fingerprint density at radius 3 is 2.63 bits per heavy atom. The first-order valence-electron chi connectivity index (χ1n) is 5.84. The van der Waals surface area contributed by atoms with Crippen LogP contribution < -0.4 is 4.74 Å². The molecule has 1 heterocycles. The van der Waals surface area contributed by atoms with Crippen molar-refractivity contribution in [3.63, 3.8) is 0 Å². The van der Waals surface area contributed by atoms with Crippen LogP contribution in [0.15, 0.2) is 35.1 Å². The zero-order valence-corrected chi connectivity index (χ0v) is 9.78. The Hall–Kier alpha value is -1.98. The molecule has 0 spiro atoms. The normalized spacial score (nSPS) is 15.5. The molecule has 2 aromatic rings. The summed E-state index contributed by atoms with van der Waals surface area (Å²) < 4.78 is 46.0. The zero-order valence-electron chi connectivity index (χ0n) is 9.78. The number of para-hydroxylation sites is 1. The molecule has 1 saturated carbocycles. The summed E-state index contributed by atoms with van der Waals surface area (Å²) in [6, 6.07) is 5.95. The third kappa shape index (κ3) is 2.57. The summed E-state index contributed by atoms with van der Waals surface area (Å²) in [7, 11) is 0. The van der Waals surface area contributed by atoms with Crippen molar-refractivity contribution in [2.75, 3.05) is 0 Å². The molecule has 1 aliphatic rings. The minimum absolute atomic E-state index is 0.259. The summed E-state index contributed by atoms with van der Waals surface area (Å²) in [5, 5.41) is 3.82. The van der Waals surface area contributed by atoms with Crippen LogP contribution in [0.4, 0.5) is 13.2 Å². The molecule has 1 aromatic carbocycles. The molecule has 3 rings (SSSR count). The van der Waals surface area contributed by atoms with Gasteiger partial charge in [-0.1, -0.05) is 17.3 Å². The van der Waals surface area contributed by atoms with Crippen LogP contribution in [-0.4, -0.2) is 11.5 Å². The minimum atomic E-state index is -4.72. The minimum Gasteiger partial charge on any atom is -0.405 e. The van der Waals surface area contributed by atoms with E-state index in [0.717, 1.165) is 18.4 Å². The van der Waals surface area contributed by atoms with Crippen LogP contribution in [0.25, 0.3) is 11.3 Å². The van der Waals surface area contributed by atoms with Crippen molar-refractivity contribution in [1.82, 2.24) is 5.16 Å². The van der Waals surface area contributed by atoms with E-state index in [4.69, 9.17) is 4.52 Å². The number of benzene rings is 1. The quantitative estimate of drug-likeness (QED) is 0.840. The molecule has 0 aliphatic heterocycles. The lowest BCUT2D eigenvalue weighted by Crippen LogP contribution is -2.17. The standard InChI is InChI=1S/C13H10F3NO2/c14-13(15,16)19-11-4-2-1-3-9(11)12-10(7-18-17-12)8-5-6-8/h1-4,7-8H,5-6H2. The Morgan fingerprint density at radius 2 is 1.95 bits per heavy atom. The summed E-state index contributed by atoms with van der Waals surface area (Å²) >= 11 is 0. The average molecular weight is 269 g/mol. The lowest BCUT2D eigenvalue weighted by Gasteiger charge is -2.12. The van der Waals surface area contributed by atoms with Gasteiger partial charge in [0.05, 0.1) is 0 Å². The van der Waals surface area contributed by atoms with E-state index in [1.165, 1.54) is 18.4 Å². The van der Waals surface area contributed by atoms with Crippen molar-refractivity contribution < 1.29 is 22.4 Å². The molecule has 0 unspecified atom stereocenters. The number of hydrogen-bond donors (Lipinski definition) is 0. The van der Waals surface area contributed by atoms with Crippen LogP contribution in [0.2, 0.25) is 0 Å². The first-order valence-corrected chi connectivity index (χ1v) is 5.84. The first kappa shape index (κ1) is 12.1. The number of rotatable bonds is 3. The van der Waals surface area contributed by atoms with Crippen LogP contribution in [-0.2, 0) is 0 Å². The molecule has 1 aliphatic carbocycles. The predicted molar refractivity (Wildman–Crippen MR) is 60.6 cm³/mol. The molecule has 0 saturated heterocycles. The molecule has 0 radical (unpaired) electrons. The van der Waals surface area contributed by atoms with E-state index in [0.29, 0.717) is 17.2 Å². The summed E-state index contributed by atoms with van der Waals surface area (Å²) in [6.45, 7) is 0. The Balaban J connectivity index is 2.02. The van der Waals surface area contributed by atoms with Crippen molar-refractivity contribution in [3.05, 3.63) is 36.1 Å². The fourth-order valence-electron chi connectivity index (χ4n) is 2.01. The Bertz CT molecular complexity index is 588. The van der Waals surface area contributed by atoms with Gasteiger partial charge in [0.15, 0.2) is 0 Å². The number of ether oxygens (including phenoxy) is 1. The van der Waals surface area contributed by atoms with Crippen molar-refractivity contribution >= 4 is 0 Å². The van der Waals surface area contributed by atoms with E-state index in [2.05, 4.69) is 9.89 Å². The molecule has 6 heteroatoms. The molecule has 0 amide bonds. The predicted octanol–water partition coefficient (Wildman–Crippen LogP) is 4.12. The maximum absolute atomic E-state index is 12.4. The largest absolute Gasteiger partial charge is 0.573 e. The highest BCUT2D eigenvalue weighted by atomic mass is 19.4. The molecule has 1 aromatic heterocycles. The number of aromatic nitrogens is 1. The highest BCUT2D eigenvalue weighted by Crippen LogP contribution is 2.45. The maximum Gasteiger partial charge on any atom is 0.573 e.